The van der Waals surface area contributed by atoms with Gasteiger partial charge in [0.15, 0.2) is 10.1 Å². The van der Waals surface area contributed by atoms with E-state index in [0.29, 0.717) is 35.6 Å². The highest BCUT2D eigenvalue weighted by molar-refractivity contribution is 7.86. The summed E-state index contributed by atoms with van der Waals surface area (Å²) < 4.78 is 62.3. The monoisotopic (exact) mass is 489 g/mol. The number of fused-ring (bicyclic) bond motifs is 2. The molecule has 0 fully saturated rings. The number of hydrogen-bond donors (Lipinski definition) is 0. The van der Waals surface area contributed by atoms with E-state index in [4.69, 9.17) is 13.0 Å². The molecule has 3 rings (SSSR count). The summed E-state index contributed by atoms with van der Waals surface area (Å²) >= 11 is 0. The molecule has 8 nitrogen and oxygen atoms in total. The van der Waals surface area contributed by atoms with Crippen molar-refractivity contribution in [2.24, 2.45) is 0 Å². The van der Waals surface area contributed by atoms with Crippen LogP contribution in [0.3, 0.4) is 0 Å². The van der Waals surface area contributed by atoms with Crippen molar-refractivity contribution in [3.05, 3.63) is 46.8 Å². The highest BCUT2D eigenvalue weighted by Crippen LogP contribution is 2.25. The SMILES string of the molecule is CCCCCCCC[n+]1nn(CC)c2c1C(=O)c1ccccc1C2=O.O=S(=O)([O-])C(F)(F)F. The average Bonchev–Trinajstić information content (AvgIpc) is 3.12. The van der Waals surface area contributed by atoms with E-state index in [9.17, 15) is 22.8 Å². The van der Waals surface area contributed by atoms with E-state index in [1.807, 2.05) is 6.92 Å². The Morgan fingerprint density at radius 3 is 2.00 bits per heavy atom. The highest BCUT2D eigenvalue weighted by atomic mass is 32.2. The van der Waals surface area contributed by atoms with E-state index in [1.165, 1.54) is 25.7 Å². The summed E-state index contributed by atoms with van der Waals surface area (Å²) in [5.74, 6) is -0.183. The summed E-state index contributed by atoms with van der Waals surface area (Å²) in [5.41, 5.74) is -3.77. The molecule has 0 saturated carbocycles. The van der Waals surface area contributed by atoms with Gasteiger partial charge >= 0.3 is 5.51 Å². The number of carbonyl (C=O) groups is 2. The van der Waals surface area contributed by atoms with Crippen LogP contribution < -0.4 is 4.68 Å². The van der Waals surface area contributed by atoms with Crippen LogP contribution in [-0.2, 0) is 23.2 Å². The summed E-state index contributed by atoms with van der Waals surface area (Å²) in [6, 6.07) is 7.06. The van der Waals surface area contributed by atoms with Crippen molar-refractivity contribution >= 4 is 21.7 Å². The Hall–Kier alpha value is -2.60. The molecule has 2 aromatic rings. The van der Waals surface area contributed by atoms with Crippen molar-refractivity contribution in [3.8, 4) is 0 Å². The number of alkyl halides is 3. The Morgan fingerprint density at radius 1 is 0.970 bits per heavy atom. The van der Waals surface area contributed by atoms with Crippen LogP contribution in [0.15, 0.2) is 24.3 Å². The highest BCUT2D eigenvalue weighted by Gasteiger charge is 2.42. The van der Waals surface area contributed by atoms with Crippen molar-refractivity contribution in [3.63, 3.8) is 0 Å². The third-order valence-electron chi connectivity index (χ3n) is 5.11. The van der Waals surface area contributed by atoms with Crippen LogP contribution in [0.5, 0.6) is 0 Å². The van der Waals surface area contributed by atoms with Gasteiger partial charge in [-0.2, -0.15) is 13.2 Å². The molecule has 0 aliphatic heterocycles. The van der Waals surface area contributed by atoms with Crippen molar-refractivity contribution in [2.45, 2.75) is 71.0 Å². The lowest BCUT2D eigenvalue weighted by Crippen LogP contribution is -2.43. The number of benzene rings is 1. The number of aromatic nitrogens is 3. The largest absolute Gasteiger partial charge is 0.741 e. The number of ketones is 2. The smallest absolute Gasteiger partial charge is 0.485 e. The first-order valence-corrected chi connectivity index (χ1v) is 12.1. The Kier molecular flexibility index (Phi) is 8.89. The normalized spacial score (nSPS) is 13.3. The molecule has 1 aliphatic carbocycles. The average molecular weight is 490 g/mol. The molecule has 0 saturated heterocycles. The molecule has 12 heteroatoms. The first-order valence-electron chi connectivity index (χ1n) is 10.7. The zero-order valence-electron chi connectivity index (χ0n) is 18.4. The van der Waals surface area contributed by atoms with Gasteiger partial charge in [-0.15, -0.1) is 9.36 Å². The summed E-state index contributed by atoms with van der Waals surface area (Å²) in [6.45, 7) is 5.41. The van der Waals surface area contributed by atoms with Crippen LogP contribution >= 0.6 is 0 Å². The fourth-order valence-electron chi connectivity index (χ4n) is 3.47. The van der Waals surface area contributed by atoms with Crippen molar-refractivity contribution < 1.29 is 40.4 Å². The molecule has 0 amide bonds. The maximum atomic E-state index is 13.0. The van der Waals surface area contributed by atoms with Crippen LogP contribution in [0.2, 0.25) is 0 Å². The van der Waals surface area contributed by atoms with Gasteiger partial charge in [0.1, 0.15) is 13.1 Å². The number of hydrogen-bond acceptors (Lipinski definition) is 6. The third-order valence-corrected chi connectivity index (χ3v) is 5.68. The van der Waals surface area contributed by atoms with E-state index >= 15 is 0 Å². The van der Waals surface area contributed by atoms with E-state index in [0.717, 1.165) is 12.8 Å². The van der Waals surface area contributed by atoms with Gasteiger partial charge in [-0.25, -0.2) is 8.42 Å². The lowest BCUT2D eigenvalue weighted by Gasteiger charge is -2.11. The van der Waals surface area contributed by atoms with Crippen molar-refractivity contribution in [2.75, 3.05) is 0 Å². The number of nitrogens with zero attached hydrogens (tertiary/aromatic N) is 3. The Bertz CT molecular complexity index is 1110. The molecule has 0 N–H and O–H groups in total. The van der Waals surface area contributed by atoms with Gasteiger partial charge in [-0.3, -0.25) is 9.59 Å². The van der Waals surface area contributed by atoms with E-state index in [-0.39, 0.29) is 11.6 Å². The number of unbranched alkanes of at least 4 members (excludes halogenated alkanes) is 5. The maximum absolute atomic E-state index is 13.0. The quantitative estimate of drug-likeness (QED) is 0.207. The predicted octanol–water partition coefficient (Wildman–Crippen LogP) is 3.38. The molecule has 1 heterocycles. The van der Waals surface area contributed by atoms with Gasteiger partial charge in [0.25, 0.3) is 0 Å². The van der Waals surface area contributed by atoms with Gasteiger partial charge < -0.3 is 4.55 Å². The van der Waals surface area contributed by atoms with Crippen LogP contribution in [0.1, 0.15) is 84.5 Å². The Balaban J connectivity index is 0.000000414. The van der Waals surface area contributed by atoms with Crippen LogP contribution in [0.4, 0.5) is 13.2 Å². The number of aryl methyl sites for hydroxylation is 2. The molecule has 0 spiro atoms. The van der Waals surface area contributed by atoms with Gasteiger partial charge in [0, 0.05) is 11.1 Å². The first kappa shape index (κ1) is 26.7. The molecule has 0 radical (unpaired) electrons. The van der Waals surface area contributed by atoms with E-state index in [1.54, 1.807) is 33.6 Å². The second-order valence-corrected chi connectivity index (χ2v) is 8.87. The Labute approximate surface area is 190 Å². The van der Waals surface area contributed by atoms with Crippen LogP contribution in [0, 0.1) is 0 Å². The van der Waals surface area contributed by atoms with Gasteiger partial charge in [-0.05, 0) is 19.8 Å². The molecule has 1 aromatic heterocycles. The second-order valence-electron chi connectivity index (χ2n) is 7.50. The summed E-state index contributed by atoms with van der Waals surface area (Å²) in [7, 11) is -6.09. The topological polar surface area (TPSA) is 113 Å². The fraction of sp³-hybridized carbons (Fsp3) is 0.524. The standard InChI is InChI=1S/C20H26N3O2.CHF3O3S/c1-3-5-6-7-8-11-14-23-18-17(22(4-2)21-23)19(24)15-12-9-10-13-16(15)20(18)25;2-1(3,4)8(5,6)7/h9-10,12-13H,3-8,11,14H2,1-2H3;(H,5,6,7)/q+1;/p-1. The van der Waals surface area contributed by atoms with Crippen LogP contribution in [0.25, 0.3) is 0 Å². The number of carbonyl (C=O) groups excluding carboxylic acids is 2. The van der Waals surface area contributed by atoms with Gasteiger partial charge in [-0.1, -0.05) is 56.9 Å². The lowest BCUT2D eigenvalue weighted by atomic mass is 9.90. The summed E-state index contributed by atoms with van der Waals surface area (Å²) in [5, 5.41) is 4.52. The molecule has 0 unspecified atom stereocenters. The zero-order valence-corrected chi connectivity index (χ0v) is 19.2. The zero-order chi connectivity index (χ0) is 24.8. The first-order chi connectivity index (χ1) is 15.4. The maximum Gasteiger partial charge on any atom is 0.485 e. The minimum atomic E-state index is -6.09. The molecule has 1 aromatic carbocycles. The Morgan fingerprint density at radius 2 is 1.48 bits per heavy atom. The summed E-state index contributed by atoms with van der Waals surface area (Å²) in [4.78, 5) is 25.8. The second kappa shape index (κ2) is 11.0. The molecule has 0 bridgehead atoms. The molecule has 182 valence electrons. The molecular weight excluding hydrogens is 463 g/mol. The fourth-order valence-corrected chi connectivity index (χ4v) is 3.47. The minimum absolute atomic E-state index is 0.0871. The molecule has 1 aliphatic rings. The van der Waals surface area contributed by atoms with Crippen molar-refractivity contribution in [1.29, 1.82) is 0 Å². The van der Waals surface area contributed by atoms with Gasteiger partial charge in [0.05, 0.1) is 5.21 Å². The molecule has 33 heavy (non-hydrogen) atoms. The number of halogens is 3. The molecular formula is C21H26F3N3O5S. The number of rotatable bonds is 8. The predicted molar refractivity (Wildman–Crippen MR) is 111 cm³/mol. The molecule has 0 atom stereocenters. The van der Waals surface area contributed by atoms with E-state index in [2.05, 4.69) is 12.1 Å². The minimum Gasteiger partial charge on any atom is -0.741 e. The van der Waals surface area contributed by atoms with E-state index < -0.39 is 15.6 Å². The summed E-state index contributed by atoms with van der Waals surface area (Å²) in [6.07, 6.45) is 7.08. The van der Waals surface area contributed by atoms with Crippen LogP contribution in [-0.4, -0.2) is 39.9 Å². The lowest BCUT2D eigenvalue weighted by molar-refractivity contribution is -0.757. The third kappa shape index (κ3) is 6.26. The van der Waals surface area contributed by atoms with Gasteiger partial charge in [0.2, 0.25) is 23.0 Å². The van der Waals surface area contributed by atoms with Crippen molar-refractivity contribution in [1.82, 2.24) is 9.90 Å².